The van der Waals surface area contributed by atoms with Crippen molar-refractivity contribution in [3.8, 4) is 0 Å². The smallest absolute Gasteiger partial charge is 0.251 e. The average molecular weight is 377 g/mol. The number of carbonyl (C=O) groups excluding carboxylic acids is 3. The van der Waals surface area contributed by atoms with Crippen LogP contribution in [0.4, 0.5) is 5.00 Å². The molecule has 0 bridgehead atoms. The zero-order valence-corrected chi connectivity index (χ0v) is 15.0. The Morgan fingerprint density at radius 1 is 1.12 bits per heavy atom. The van der Waals surface area contributed by atoms with Gasteiger partial charge < -0.3 is 11.1 Å². The molecule has 25 heavy (non-hydrogen) atoms. The maximum atomic E-state index is 12.2. The van der Waals surface area contributed by atoms with Crippen molar-refractivity contribution in [2.24, 2.45) is 5.73 Å². The fourth-order valence-electron chi connectivity index (χ4n) is 2.95. The van der Waals surface area contributed by atoms with Gasteiger partial charge in [0.25, 0.3) is 5.91 Å². The molecule has 2 amide bonds. The number of nitrogens with one attached hydrogen (secondary N) is 1. The molecule has 0 saturated heterocycles. The minimum absolute atomic E-state index is 0.0439. The third-order valence-electron chi connectivity index (χ3n) is 4.17. The highest BCUT2D eigenvalue weighted by Crippen LogP contribution is 2.38. The lowest BCUT2D eigenvalue weighted by atomic mass is 10.1. The van der Waals surface area contributed by atoms with Gasteiger partial charge in [0.1, 0.15) is 5.00 Å². The van der Waals surface area contributed by atoms with E-state index in [0.717, 1.165) is 29.7 Å². The van der Waals surface area contributed by atoms with Gasteiger partial charge in [-0.1, -0.05) is 11.6 Å². The average Bonchev–Trinajstić information content (AvgIpc) is 3.13. The largest absolute Gasteiger partial charge is 0.365 e. The second-order valence-corrected chi connectivity index (χ2v) is 7.45. The number of fused-ring (bicyclic) bond motifs is 1. The van der Waals surface area contributed by atoms with Gasteiger partial charge in [-0.15, -0.1) is 11.3 Å². The number of anilines is 1. The molecule has 3 N–H and O–H groups in total. The number of hydrogen-bond acceptors (Lipinski definition) is 4. The van der Waals surface area contributed by atoms with Gasteiger partial charge in [-0.3, -0.25) is 14.4 Å². The molecule has 5 nitrogen and oxygen atoms in total. The van der Waals surface area contributed by atoms with Crippen molar-refractivity contribution < 1.29 is 14.4 Å². The third-order valence-corrected chi connectivity index (χ3v) is 5.63. The highest BCUT2D eigenvalue weighted by atomic mass is 35.5. The van der Waals surface area contributed by atoms with Crippen LogP contribution in [-0.2, 0) is 17.6 Å². The van der Waals surface area contributed by atoms with Crippen molar-refractivity contribution in [2.45, 2.75) is 32.1 Å². The lowest BCUT2D eigenvalue weighted by Crippen LogP contribution is -2.18. The van der Waals surface area contributed by atoms with E-state index in [1.54, 1.807) is 24.3 Å². The summed E-state index contributed by atoms with van der Waals surface area (Å²) in [5, 5.41) is 3.80. The Labute approximate surface area is 154 Å². The number of primary amides is 1. The summed E-state index contributed by atoms with van der Waals surface area (Å²) in [7, 11) is 0. The molecule has 0 atom stereocenters. The molecule has 1 heterocycles. The summed E-state index contributed by atoms with van der Waals surface area (Å²) in [4.78, 5) is 37.1. The number of rotatable bonds is 6. The second-order valence-electron chi connectivity index (χ2n) is 5.90. The predicted molar refractivity (Wildman–Crippen MR) is 98.5 cm³/mol. The van der Waals surface area contributed by atoms with Crippen LogP contribution in [0.2, 0.25) is 5.02 Å². The Balaban J connectivity index is 1.63. The Bertz CT molecular complexity index is 843. The van der Waals surface area contributed by atoms with Crippen molar-refractivity contribution >= 4 is 45.5 Å². The van der Waals surface area contributed by atoms with E-state index in [2.05, 4.69) is 5.32 Å². The summed E-state index contributed by atoms with van der Waals surface area (Å²) in [5.74, 6) is -0.952. The molecule has 1 aromatic heterocycles. The lowest BCUT2D eigenvalue weighted by Gasteiger charge is -2.06. The van der Waals surface area contributed by atoms with Crippen LogP contribution in [0, 0.1) is 0 Å². The van der Waals surface area contributed by atoms with Gasteiger partial charge in [0.2, 0.25) is 5.91 Å². The third kappa shape index (κ3) is 3.91. The topological polar surface area (TPSA) is 89.3 Å². The van der Waals surface area contributed by atoms with Crippen LogP contribution in [0.15, 0.2) is 24.3 Å². The number of hydrogen-bond donors (Lipinski definition) is 2. The molecular formula is C18H17ClN2O3S. The maximum Gasteiger partial charge on any atom is 0.251 e. The Morgan fingerprint density at radius 2 is 1.84 bits per heavy atom. The molecule has 0 spiro atoms. The van der Waals surface area contributed by atoms with Crippen LogP contribution >= 0.6 is 22.9 Å². The van der Waals surface area contributed by atoms with Crippen LogP contribution < -0.4 is 11.1 Å². The van der Waals surface area contributed by atoms with E-state index in [9.17, 15) is 14.4 Å². The normalized spacial score (nSPS) is 12.7. The molecule has 0 radical (unpaired) electrons. The summed E-state index contributed by atoms with van der Waals surface area (Å²) in [6.07, 6.45) is 2.86. The van der Waals surface area contributed by atoms with Gasteiger partial charge >= 0.3 is 0 Å². The molecule has 0 fully saturated rings. The summed E-state index contributed by atoms with van der Waals surface area (Å²) in [6, 6.07) is 6.55. The van der Waals surface area contributed by atoms with E-state index < -0.39 is 5.91 Å². The molecule has 0 unspecified atom stereocenters. The molecule has 130 valence electrons. The number of nitrogens with two attached hydrogens (primary N) is 1. The molecule has 1 aromatic carbocycles. The van der Waals surface area contributed by atoms with Crippen molar-refractivity contribution in [2.75, 3.05) is 5.32 Å². The fourth-order valence-corrected chi connectivity index (χ4v) is 4.39. The van der Waals surface area contributed by atoms with Crippen molar-refractivity contribution in [1.82, 2.24) is 0 Å². The lowest BCUT2D eigenvalue weighted by molar-refractivity contribution is -0.116. The van der Waals surface area contributed by atoms with Crippen molar-refractivity contribution in [3.63, 3.8) is 0 Å². The Hall–Kier alpha value is -2.18. The number of ketones is 1. The first-order chi connectivity index (χ1) is 12.0. The number of carbonyl (C=O) groups is 3. The van der Waals surface area contributed by atoms with Gasteiger partial charge in [0.05, 0.1) is 5.56 Å². The molecule has 0 aliphatic heterocycles. The van der Waals surface area contributed by atoms with Gasteiger partial charge in [-0.05, 0) is 49.1 Å². The van der Waals surface area contributed by atoms with E-state index in [-0.39, 0.29) is 24.5 Å². The SMILES string of the molecule is NC(=O)c1c(NC(=O)CCC(=O)c2ccc(Cl)cc2)sc2c1CCC2. The maximum absolute atomic E-state index is 12.2. The fraction of sp³-hybridized carbons (Fsp3) is 0.278. The standard InChI is InChI=1S/C18H17ClN2O3S/c19-11-6-4-10(5-7-11)13(22)8-9-15(23)21-18-16(17(20)24)12-2-1-3-14(12)25-18/h4-7H,1-3,8-9H2,(H2,20,24)(H,21,23). The first kappa shape index (κ1) is 17.6. The van der Waals surface area contributed by atoms with Gasteiger partial charge in [0, 0.05) is 28.3 Å². The quantitative estimate of drug-likeness (QED) is 0.755. The predicted octanol–water partition coefficient (Wildman–Crippen LogP) is 3.59. The van der Waals surface area contributed by atoms with Crippen molar-refractivity contribution in [1.29, 1.82) is 0 Å². The van der Waals surface area contributed by atoms with Crippen LogP contribution in [0.25, 0.3) is 0 Å². The van der Waals surface area contributed by atoms with Gasteiger partial charge in [-0.2, -0.15) is 0 Å². The first-order valence-electron chi connectivity index (χ1n) is 7.98. The molecule has 3 rings (SSSR count). The molecule has 1 aliphatic carbocycles. The van der Waals surface area contributed by atoms with Gasteiger partial charge in [0.15, 0.2) is 5.78 Å². The van der Waals surface area contributed by atoms with Crippen LogP contribution in [0.3, 0.4) is 0 Å². The highest BCUT2D eigenvalue weighted by Gasteiger charge is 2.26. The summed E-state index contributed by atoms with van der Waals surface area (Å²) in [5.41, 5.74) is 7.38. The molecule has 7 heteroatoms. The van der Waals surface area contributed by atoms with E-state index in [1.165, 1.54) is 11.3 Å². The number of amides is 2. The number of aryl methyl sites for hydroxylation is 1. The summed E-state index contributed by atoms with van der Waals surface area (Å²) in [6.45, 7) is 0. The molecule has 2 aromatic rings. The number of halogens is 1. The summed E-state index contributed by atoms with van der Waals surface area (Å²) >= 11 is 7.20. The minimum Gasteiger partial charge on any atom is -0.365 e. The first-order valence-corrected chi connectivity index (χ1v) is 9.18. The number of thiophene rings is 1. The van der Waals surface area contributed by atoms with Crippen LogP contribution in [-0.4, -0.2) is 17.6 Å². The Morgan fingerprint density at radius 3 is 2.52 bits per heavy atom. The van der Waals surface area contributed by atoms with Crippen LogP contribution in [0.1, 0.15) is 50.4 Å². The molecular weight excluding hydrogens is 360 g/mol. The number of Topliss-reactive ketones (excluding diaryl/α,β-unsaturated/α-hetero) is 1. The van der Waals surface area contributed by atoms with E-state index in [4.69, 9.17) is 17.3 Å². The van der Waals surface area contributed by atoms with E-state index in [0.29, 0.717) is 21.2 Å². The second kappa shape index (κ2) is 7.37. The Kier molecular flexibility index (Phi) is 5.20. The van der Waals surface area contributed by atoms with E-state index >= 15 is 0 Å². The monoisotopic (exact) mass is 376 g/mol. The highest BCUT2D eigenvalue weighted by molar-refractivity contribution is 7.17. The molecule has 1 aliphatic rings. The number of benzene rings is 1. The summed E-state index contributed by atoms with van der Waals surface area (Å²) < 4.78 is 0. The molecule has 0 saturated carbocycles. The van der Waals surface area contributed by atoms with E-state index in [1.807, 2.05) is 0 Å². The van der Waals surface area contributed by atoms with Crippen molar-refractivity contribution in [3.05, 3.63) is 50.9 Å². The van der Waals surface area contributed by atoms with Crippen LogP contribution in [0.5, 0.6) is 0 Å². The van der Waals surface area contributed by atoms with Gasteiger partial charge in [-0.25, -0.2) is 0 Å². The minimum atomic E-state index is -0.521. The zero-order valence-electron chi connectivity index (χ0n) is 13.4. The zero-order chi connectivity index (χ0) is 18.0.